The van der Waals surface area contributed by atoms with Gasteiger partial charge in [0.15, 0.2) is 0 Å². The lowest BCUT2D eigenvalue weighted by molar-refractivity contribution is -0.142. The second-order valence-electron chi connectivity index (χ2n) is 10.2. The molecule has 1 rings (SSSR count). The smallest absolute Gasteiger partial charge is 0.408 e. The Balaban J connectivity index is 3.46. The highest BCUT2D eigenvalue weighted by Crippen LogP contribution is 2.28. The third-order valence-electron chi connectivity index (χ3n) is 5.82. The molecule has 0 heterocycles. The van der Waals surface area contributed by atoms with Crippen molar-refractivity contribution in [1.29, 1.82) is 0 Å². The molecule has 0 fully saturated rings. The maximum Gasteiger partial charge on any atom is 0.408 e. The maximum absolute atomic E-state index is 13.8. The van der Waals surface area contributed by atoms with E-state index >= 15 is 0 Å². The minimum absolute atomic E-state index is 0.0243. The Morgan fingerprint density at radius 2 is 1.74 bits per heavy atom. The van der Waals surface area contributed by atoms with Crippen molar-refractivity contribution in [2.24, 2.45) is 0 Å². The maximum atomic E-state index is 13.8. The summed E-state index contributed by atoms with van der Waals surface area (Å²) in [5.74, 6) is -0.503. The van der Waals surface area contributed by atoms with E-state index in [1.54, 1.807) is 25.7 Å². The van der Waals surface area contributed by atoms with Gasteiger partial charge in [0, 0.05) is 18.3 Å². The van der Waals surface area contributed by atoms with Gasteiger partial charge in [-0.1, -0.05) is 44.9 Å². The third-order valence-corrected chi connectivity index (χ3v) is 6.18. The molecule has 3 atom stereocenters. The summed E-state index contributed by atoms with van der Waals surface area (Å²) in [5.41, 5.74) is 2.09. The lowest BCUT2D eigenvalue weighted by Crippen LogP contribution is -2.54. The van der Waals surface area contributed by atoms with Crippen LogP contribution in [0.2, 0.25) is 0 Å². The number of rotatable bonds is 12. The minimum Gasteiger partial charge on any atom is -0.444 e. The van der Waals surface area contributed by atoms with Crippen LogP contribution in [0.5, 0.6) is 0 Å². The Labute approximate surface area is 217 Å². The van der Waals surface area contributed by atoms with Crippen molar-refractivity contribution < 1.29 is 19.1 Å². The molecule has 0 aliphatic heterocycles. The summed E-state index contributed by atoms with van der Waals surface area (Å²) in [7, 11) is 0. The van der Waals surface area contributed by atoms with E-state index in [-0.39, 0.29) is 23.6 Å². The first kappa shape index (κ1) is 30.8. The number of hydrogen-bond donors (Lipinski definition) is 3. The van der Waals surface area contributed by atoms with Gasteiger partial charge >= 0.3 is 6.09 Å². The number of aryl methyl sites for hydroxylation is 1. The van der Waals surface area contributed by atoms with Gasteiger partial charge in [-0.2, -0.15) is 12.6 Å². The van der Waals surface area contributed by atoms with Crippen LogP contribution in [0.15, 0.2) is 18.2 Å². The molecular formula is C27H45N3O4S. The molecular weight excluding hydrogens is 462 g/mol. The molecule has 8 heteroatoms. The Bertz CT molecular complexity index is 853. The second kappa shape index (κ2) is 14.4. The number of carbonyl (C=O) groups excluding carboxylic acids is 3. The molecule has 0 aromatic heterocycles. The van der Waals surface area contributed by atoms with Crippen LogP contribution in [-0.2, 0) is 14.3 Å². The Kier molecular flexibility index (Phi) is 12.6. The summed E-state index contributed by atoms with van der Waals surface area (Å²) in [6.45, 7) is 15.7. The van der Waals surface area contributed by atoms with Crippen molar-refractivity contribution in [3.8, 4) is 0 Å². The zero-order chi connectivity index (χ0) is 26.8. The van der Waals surface area contributed by atoms with E-state index in [0.29, 0.717) is 6.54 Å². The van der Waals surface area contributed by atoms with Crippen molar-refractivity contribution in [2.75, 3.05) is 12.3 Å². The summed E-state index contributed by atoms with van der Waals surface area (Å²) < 4.78 is 5.35. The van der Waals surface area contributed by atoms with Gasteiger partial charge < -0.3 is 20.3 Å². The lowest BCUT2D eigenvalue weighted by Gasteiger charge is -2.35. The Morgan fingerprint density at radius 3 is 2.29 bits per heavy atom. The largest absolute Gasteiger partial charge is 0.444 e. The monoisotopic (exact) mass is 507 g/mol. The fraction of sp³-hybridized carbons (Fsp3) is 0.667. The second-order valence-corrected chi connectivity index (χ2v) is 10.5. The van der Waals surface area contributed by atoms with Crippen LogP contribution in [-0.4, -0.2) is 52.8 Å². The van der Waals surface area contributed by atoms with E-state index in [1.165, 1.54) is 0 Å². The van der Waals surface area contributed by atoms with E-state index < -0.39 is 23.8 Å². The summed E-state index contributed by atoms with van der Waals surface area (Å²) in [4.78, 5) is 41.6. The van der Waals surface area contributed by atoms with Gasteiger partial charge in [0.1, 0.15) is 17.7 Å². The minimum atomic E-state index is -0.932. The molecule has 1 aromatic rings. The van der Waals surface area contributed by atoms with Gasteiger partial charge in [-0.3, -0.25) is 9.59 Å². The predicted octanol–water partition coefficient (Wildman–Crippen LogP) is 5.10. The number of nitrogens with zero attached hydrogens (tertiary/aromatic N) is 1. The van der Waals surface area contributed by atoms with E-state index in [2.05, 4.69) is 30.2 Å². The van der Waals surface area contributed by atoms with Gasteiger partial charge in [-0.05, 0) is 71.1 Å². The normalized spacial score (nSPS) is 14.0. The molecule has 7 nitrogen and oxygen atoms in total. The first-order chi connectivity index (χ1) is 16.4. The van der Waals surface area contributed by atoms with Crippen LogP contribution < -0.4 is 10.6 Å². The summed E-state index contributed by atoms with van der Waals surface area (Å²) in [6, 6.07) is 4.02. The Hall–Kier alpha value is -2.22. The molecule has 0 spiro atoms. The number of benzene rings is 1. The van der Waals surface area contributed by atoms with Crippen LogP contribution >= 0.6 is 12.6 Å². The fourth-order valence-electron chi connectivity index (χ4n) is 3.88. The molecule has 0 saturated carbocycles. The quantitative estimate of drug-likeness (QED) is 0.344. The van der Waals surface area contributed by atoms with Gasteiger partial charge in [-0.25, -0.2) is 4.79 Å². The number of nitrogens with one attached hydrogen (secondary N) is 2. The van der Waals surface area contributed by atoms with Crippen LogP contribution in [0.25, 0.3) is 0 Å². The van der Waals surface area contributed by atoms with Crippen molar-refractivity contribution in [3.63, 3.8) is 0 Å². The molecule has 0 aliphatic rings. The lowest BCUT2D eigenvalue weighted by atomic mass is 9.94. The molecule has 0 radical (unpaired) electrons. The Morgan fingerprint density at radius 1 is 1.09 bits per heavy atom. The number of ether oxygens (including phenoxy) is 1. The molecule has 0 saturated heterocycles. The molecule has 3 unspecified atom stereocenters. The van der Waals surface area contributed by atoms with E-state index in [1.807, 2.05) is 45.9 Å². The summed E-state index contributed by atoms with van der Waals surface area (Å²) in [6.07, 6.45) is 2.66. The van der Waals surface area contributed by atoms with Crippen molar-refractivity contribution in [2.45, 2.75) is 105 Å². The zero-order valence-electron chi connectivity index (χ0n) is 22.7. The highest BCUT2D eigenvalue weighted by Gasteiger charge is 2.36. The number of amides is 3. The molecule has 198 valence electrons. The van der Waals surface area contributed by atoms with Crippen molar-refractivity contribution in [3.05, 3.63) is 34.9 Å². The molecule has 35 heavy (non-hydrogen) atoms. The van der Waals surface area contributed by atoms with Crippen LogP contribution in [0, 0.1) is 13.8 Å². The standard InChI is InChI=1S/C27H45N3O4S/c1-9-11-16-30(25(32)22(17-35)29-26(33)34-27(6,7)8)23(24(31)28-19(4)13-10-2)21-15-12-14-18(3)20(21)5/h12,14-15,19,22-23,35H,9-11,13,16-17H2,1-8H3,(H,28,31)(H,29,33). The molecule has 2 N–H and O–H groups in total. The highest BCUT2D eigenvalue weighted by molar-refractivity contribution is 7.80. The van der Waals surface area contributed by atoms with Crippen LogP contribution in [0.4, 0.5) is 4.79 Å². The van der Waals surface area contributed by atoms with E-state index in [4.69, 9.17) is 4.74 Å². The van der Waals surface area contributed by atoms with E-state index in [9.17, 15) is 14.4 Å². The van der Waals surface area contributed by atoms with Gasteiger partial charge in [-0.15, -0.1) is 0 Å². The average Bonchev–Trinajstić information content (AvgIpc) is 2.75. The van der Waals surface area contributed by atoms with Crippen LogP contribution in [0.1, 0.15) is 90.0 Å². The number of thiol groups is 1. The number of hydrogen-bond acceptors (Lipinski definition) is 5. The fourth-order valence-corrected chi connectivity index (χ4v) is 4.13. The summed E-state index contributed by atoms with van der Waals surface area (Å²) in [5, 5.41) is 5.75. The van der Waals surface area contributed by atoms with Crippen molar-refractivity contribution in [1.82, 2.24) is 15.5 Å². The molecule has 0 bridgehead atoms. The molecule has 3 amide bonds. The topological polar surface area (TPSA) is 87.7 Å². The molecule has 1 aromatic carbocycles. The molecule has 0 aliphatic carbocycles. The van der Waals surface area contributed by atoms with Gasteiger partial charge in [0.2, 0.25) is 11.8 Å². The third kappa shape index (κ3) is 9.74. The van der Waals surface area contributed by atoms with E-state index in [0.717, 1.165) is 42.4 Å². The first-order valence-electron chi connectivity index (χ1n) is 12.6. The first-order valence-corrected chi connectivity index (χ1v) is 13.3. The average molecular weight is 508 g/mol. The van der Waals surface area contributed by atoms with Crippen molar-refractivity contribution >= 4 is 30.5 Å². The summed E-state index contributed by atoms with van der Waals surface area (Å²) >= 11 is 4.34. The zero-order valence-corrected chi connectivity index (χ0v) is 23.6. The number of carbonyl (C=O) groups is 3. The number of unbranched alkanes of at least 4 members (excludes halogenated alkanes) is 1. The number of alkyl carbamates (subject to hydrolysis) is 1. The van der Waals surface area contributed by atoms with Crippen LogP contribution in [0.3, 0.4) is 0 Å². The predicted molar refractivity (Wildman–Crippen MR) is 145 cm³/mol. The highest BCUT2D eigenvalue weighted by atomic mass is 32.1. The van der Waals surface area contributed by atoms with Gasteiger partial charge in [0.05, 0.1) is 0 Å². The van der Waals surface area contributed by atoms with Gasteiger partial charge in [0.25, 0.3) is 0 Å². The SMILES string of the molecule is CCCCN(C(=O)C(CS)NC(=O)OC(C)(C)C)C(C(=O)NC(C)CCC)c1cccc(C)c1C.